The van der Waals surface area contributed by atoms with Crippen LogP contribution in [0.1, 0.15) is 28.4 Å². The van der Waals surface area contributed by atoms with Gasteiger partial charge >= 0.3 is 0 Å². The highest BCUT2D eigenvalue weighted by Gasteiger charge is 2.26. The Labute approximate surface area is 254 Å². The molecular formula is C36H41N3O4. The summed E-state index contributed by atoms with van der Waals surface area (Å²) in [4.78, 5) is 29.1. The number of β-amino-alcohol motifs (C(OH)–C–C–N with tert-alkyl or cyclic N) is 1. The van der Waals surface area contributed by atoms with Gasteiger partial charge in [-0.2, -0.15) is 0 Å². The van der Waals surface area contributed by atoms with Crippen LogP contribution in [-0.2, 0) is 17.8 Å². The van der Waals surface area contributed by atoms with Crippen molar-refractivity contribution in [1.82, 2.24) is 9.80 Å². The lowest BCUT2D eigenvalue weighted by molar-refractivity contribution is -0.115. The van der Waals surface area contributed by atoms with Crippen molar-refractivity contribution in [2.24, 2.45) is 5.92 Å². The summed E-state index contributed by atoms with van der Waals surface area (Å²) in [6.07, 6.45) is 0.242. The Morgan fingerprint density at radius 3 is 2.19 bits per heavy atom. The quantitative estimate of drug-likeness (QED) is 0.278. The number of nitrogens with one attached hydrogen (secondary N) is 1. The molecular weight excluding hydrogens is 538 g/mol. The molecule has 0 bridgehead atoms. The molecule has 1 aliphatic heterocycles. The largest absolute Gasteiger partial charge is 0.490 e. The molecule has 0 aromatic heterocycles. The van der Waals surface area contributed by atoms with E-state index in [9.17, 15) is 14.7 Å². The summed E-state index contributed by atoms with van der Waals surface area (Å²) < 4.78 is 5.90. The van der Waals surface area contributed by atoms with Crippen LogP contribution in [-0.4, -0.2) is 67.1 Å². The zero-order valence-corrected chi connectivity index (χ0v) is 25.2. The topological polar surface area (TPSA) is 82.1 Å². The Hall–Kier alpha value is -4.46. The summed E-state index contributed by atoms with van der Waals surface area (Å²) in [6, 6.07) is 33.8. The molecule has 0 saturated heterocycles. The Morgan fingerprint density at radius 1 is 0.884 bits per heavy atom. The molecule has 2 N–H and O–H groups in total. The van der Waals surface area contributed by atoms with Crippen molar-refractivity contribution in [2.45, 2.75) is 19.9 Å². The number of hydrogen-bond donors (Lipinski definition) is 2. The predicted molar refractivity (Wildman–Crippen MR) is 172 cm³/mol. The number of para-hydroxylation sites is 1. The van der Waals surface area contributed by atoms with Gasteiger partial charge in [0.1, 0.15) is 0 Å². The van der Waals surface area contributed by atoms with Gasteiger partial charge in [-0.3, -0.25) is 9.59 Å². The van der Waals surface area contributed by atoms with E-state index >= 15 is 0 Å². The van der Waals surface area contributed by atoms with Gasteiger partial charge in [0.25, 0.3) is 5.91 Å². The van der Waals surface area contributed by atoms with Crippen LogP contribution in [0.3, 0.4) is 0 Å². The number of aliphatic hydroxyl groups excluding tert-OH is 1. The average Bonchev–Trinajstić information content (AvgIpc) is 3.00. The lowest BCUT2D eigenvalue weighted by Gasteiger charge is -2.30. The zero-order chi connectivity index (χ0) is 30.6. The standard InChI is InChI=1S/C21H24N2O4.C15H17N/c1-15-13-23(10-11-24)21(26)17-8-5-9-18(20(17)27-14-15)22-19(25)12-16-6-3-2-4-7-16;1-16(2)12-13-8-10-15(11-9-13)14-6-4-3-5-7-14/h2-9,15,24H,10-14H2,1H3,(H,22,25);3-11H,12H2,1-2H3/t15-;/m1./s1. The van der Waals surface area contributed by atoms with E-state index in [1.54, 1.807) is 23.1 Å². The normalized spacial score (nSPS) is 14.5. The van der Waals surface area contributed by atoms with Gasteiger partial charge in [-0.15, -0.1) is 0 Å². The zero-order valence-electron chi connectivity index (χ0n) is 25.2. The molecule has 7 nitrogen and oxygen atoms in total. The van der Waals surface area contributed by atoms with E-state index in [0.29, 0.717) is 30.2 Å². The van der Waals surface area contributed by atoms with Crippen LogP contribution in [0.5, 0.6) is 5.75 Å². The summed E-state index contributed by atoms with van der Waals surface area (Å²) in [5.74, 6) is 0.123. The molecule has 7 heteroatoms. The van der Waals surface area contributed by atoms with Gasteiger partial charge in [0.15, 0.2) is 5.75 Å². The van der Waals surface area contributed by atoms with Gasteiger partial charge in [-0.25, -0.2) is 0 Å². The number of fused-ring (bicyclic) bond motifs is 1. The van der Waals surface area contributed by atoms with Gasteiger partial charge in [0, 0.05) is 25.6 Å². The van der Waals surface area contributed by atoms with E-state index < -0.39 is 0 Å². The number of carbonyl (C=O) groups is 2. The smallest absolute Gasteiger partial charge is 0.257 e. The van der Waals surface area contributed by atoms with Gasteiger partial charge in [-0.1, -0.05) is 97.9 Å². The van der Waals surface area contributed by atoms with E-state index in [2.05, 4.69) is 72.8 Å². The molecule has 4 aromatic carbocycles. The van der Waals surface area contributed by atoms with E-state index in [1.165, 1.54) is 16.7 Å². The molecule has 4 aromatic rings. The van der Waals surface area contributed by atoms with Crippen LogP contribution in [0.2, 0.25) is 0 Å². The van der Waals surface area contributed by atoms with Crippen molar-refractivity contribution in [2.75, 3.05) is 45.7 Å². The second-order valence-corrected chi connectivity index (χ2v) is 11.1. The maximum atomic E-state index is 12.9. The molecule has 1 aliphatic rings. The van der Waals surface area contributed by atoms with Crippen molar-refractivity contribution < 1.29 is 19.4 Å². The average molecular weight is 580 g/mol. The number of rotatable bonds is 8. The number of aliphatic hydroxyl groups is 1. The van der Waals surface area contributed by atoms with Crippen molar-refractivity contribution in [3.8, 4) is 16.9 Å². The minimum absolute atomic E-state index is 0.0951. The van der Waals surface area contributed by atoms with Crippen molar-refractivity contribution >= 4 is 17.5 Å². The molecule has 0 unspecified atom stereocenters. The number of carbonyl (C=O) groups excluding carboxylic acids is 2. The van der Waals surface area contributed by atoms with Crippen LogP contribution in [0.15, 0.2) is 103 Å². The first-order chi connectivity index (χ1) is 20.8. The Bertz CT molecular complexity index is 1460. The first-order valence-corrected chi connectivity index (χ1v) is 14.6. The highest BCUT2D eigenvalue weighted by atomic mass is 16.5. The molecule has 0 fully saturated rings. The first-order valence-electron chi connectivity index (χ1n) is 14.6. The van der Waals surface area contributed by atoms with Crippen LogP contribution in [0.4, 0.5) is 5.69 Å². The van der Waals surface area contributed by atoms with Crippen LogP contribution >= 0.6 is 0 Å². The SMILES string of the molecule is CN(C)Cc1ccc(-c2ccccc2)cc1.C[C@H]1COc2c(NC(=O)Cc3ccccc3)cccc2C(=O)N(CCO)C1. The fourth-order valence-electron chi connectivity index (χ4n) is 4.95. The maximum Gasteiger partial charge on any atom is 0.257 e. The minimum atomic E-state index is -0.204. The molecule has 1 heterocycles. The predicted octanol–water partition coefficient (Wildman–Crippen LogP) is 5.75. The van der Waals surface area contributed by atoms with Gasteiger partial charge in [0.2, 0.25) is 5.91 Å². The number of nitrogens with zero attached hydrogens (tertiary/aromatic N) is 2. The minimum Gasteiger partial charge on any atom is -0.490 e. The summed E-state index contributed by atoms with van der Waals surface area (Å²) in [5, 5.41) is 12.1. The Morgan fingerprint density at radius 2 is 1.53 bits per heavy atom. The van der Waals surface area contributed by atoms with Crippen molar-refractivity contribution in [3.05, 3.63) is 120 Å². The molecule has 0 aliphatic carbocycles. The van der Waals surface area contributed by atoms with Crippen LogP contribution in [0, 0.1) is 5.92 Å². The molecule has 224 valence electrons. The molecule has 43 heavy (non-hydrogen) atoms. The second-order valence-electron chi connectivity index (χ2n) is 11.1. The maximum absolute atomic E-state index is 12.9. The third kappa shape index (κ3) is 9.26. The summed E-state index contributed by atoms with van der Waals surface area (Å²) in [5.41, 5.74) is 5.70. The van der Waals surface area contributed by atoms with Crippen molar-refractivity contribution in [3.63, 3.8) is 0 Å². The monoisotopic (exact) mass is 579 g/mol. The number of ether oxygens (including phenoxy) is 1. The molecule has 1 atom stereocenters. The first kappa shape index (κ1) is 31.5. The highest BCUT2D eigenvalue weighted by Crippen LogP contribution is 2.32. The summed E-state index contributed by atoms with van der Waals surface area (Å²) in [7, 11) is 4.18. The third-order valence-corrected chi connectivity index (χ3v) is 6.99. The van der Waals surface area contributed by atoms with E-state index in [-0.39, 0.29) is 37.3 Å². The Balaban J connectivity index is 0.000000225. The van der Waals surface area contributed by atoms with E-state index in [0.717, 1.165) is 12.1 Å². The Kier molecular flexibility index (Phi) is 11.5. The number of amides is 2. The fourth-order valence-corrected chi connectivity index (χ4v) is 4.95. The molecule has 0 saturated carbocycles. The van der Waals surface area contributed by atoms with Gasteiger partial charge < -0.3 is 25.0 Å². The van der Waals surface area contributed by atoms with Crippen molar-refractivity contribution in [1.29, 1.82) is 0 Å². The van der Waals surface area contributed by atoms with Gasteiger partial charge in [-0.05, 0) is 48.5 Å². The van der Waals surface area contributed by atoms with Crippen LogP contribution < -0.4 is 10.1 Å². The lowest BCUT2D eigenvalue weighted by Crippen LogP contribution is -2.40. The summed E-state index contributed by atoms with van der Waals surface area (Å²) in [6.45, 7) is 4.10. The lowest BCUT2D eigenvalue weighted by atomic mass is 10.0. The summed E-state index contributed by atoms with van der Waals surface area (Å²) >= 11 is 0. The number of anilines is 1. The molecule has 0 radical (unpaired) electrons. The molecule has 0 spiro atoms. The fraction of sp³-hybridized carbons (Fsp3) is 0.278. The highest BCUT2D eigenvalue weighted by molar-refractivity contribution is 6.01. The third-order valence-electron chi connectivity index (χ3n) is 6.99. The van der Waals surface area contributed by atoms with E-state index in [1.807, 2.05) is 43.3 Å². The second kappa shape index (κ2) is 15.7. The van der Waals surface area contributed by atoms with E-state index in [4.69, 9.17) is 4.74 Å². The number of hydrogen-bond acceptors (Lipinski definition) is 5. The van der Waals surface area contributed by atoms with Crippen LogP contribution in [0.25, 0.3) is 11.1 Å². The molecule has 5 rings (SSSR count). The molecule has 2 amide bonds. The van der Waals surface area contributed by atoms with Gasteiger partial charge in [0.05, 0.1) is 30.9 Å². The number of benzene rings is 4.